The third-order valence-corrected chi connectivity index (χ3v) is 3.45. The maximum absolute atomic E-state index is 11.1. The number of rotatable bonds is 4. The fraction of sp³-hybridized carbons (Fsp3) is 0.909. The Hall–Kier alpha value is -0.0400. The van der Waals surface area contributed by atoms with Gasteiger partial charge in [-0.2, -0.15) is 0 Å². The van der Waals surface area contributed by atoms with Gasteiger partial charge in [0.25, 0.3) is 0 Å². The number of carbonyl (C=O) groups excluding carboxylic acids is 1. The van der Waals surface area contributed by atoms with Gasteiger partial charge in [0, 0.05) is 11.3 Å². The van der Waals surface area contributed by atoms with Crippen molar-refractivity contribution in [2.75, 3.05) is 5.88 Å². The van der Waals surface area contributed by atoms with Crippen LogP contribution < -0.4 is 0 Å². The fourth-order valence-electron chi connectivity index (χ4n) is 2.51. The molecule has 0 saturated heterocycles. The summed E-state index contributed by atoms with van der Waals surface area (Å²) in [6.07, 6.45) is 7.82. The zero-order valence-electron chi connectivity index (χ0n) is 8.39. The van der Waals surface area contributed by atoms with E-state index < -0.39 is 0 Å². The number of hydrogen-bond acceptors (Lipinski definition) is 1. The molecule has 2 atom stereocenters. The van der Waals surface area contributed by atoms with Crippen molar-refractivity contribution in [3.63, 3.8) is 0 Å². The topological polar surface area (TPSA) is 17.1 Å². The first-order valence-electron chi connectivity index (χ1n) is 5.25. The molecule has 1 saturated carbocycles. The summed E-state index contributed by atoms with van der Waals surface area (Å²) in [6.45, 7) is 2.25. The highest BCUT2D eigenvalue weighted by Crippen LogP contribution is 2.41. The van der Waals surface area contributed by atoms with Gasteiger partial charge in [-0.3, -0.25) is 0 Å². The van der Waals surface area contributed by atoms with Gasteiger partial charge in [-0.25, -0.2) is 0 Å². The van der Waals surface area contributed by atoms with Gasteiger partial charge in [0.1, 0.15) is 6.29 Å². The Morgan fingerprint density at radius 2 is 2.38 bits per heavy atom. The molecule has 2 heteroatoms. The Kier molecular flexibility index (Phi) is 4.24. The lowest BCUT2D eigenvalue weighted by atomic mass is 9.69. The van der Waals surface area contributed by atoms with Crippen LogP contribution in [0.5, 0.6) is 0 Å². The average molecular weight is 203 g/mol. The zero-order chi connectivity index (χ0) is 9.73. The van der Waals surface area contributed by atoms with E-state index in [1.165, 1.54) is 19.1 Å². The average Bonchev–Trinajstić information content (AvgIpc) is 2.15. The van der Waals surface area contributed by atoms with E-state index in [0.29, 0.717) is 11.8 Å². The summed E-state index contributed by atoms with van der Waals surface area (Å²) >= 11 is 5.66. The zero-order valence-corrected chi connectivity index (χ0v) is 9.15. The first kappa shape index (κ1) is 11.0. The summed E-state index contributed by atoms with van der Waals surface area (Å²) in [5, 5.41) is 0. The number of alkyl halides is 1. The van der Waals surface area contributed by atoms with E-state index >= 15 is 0 Å². The second kappa shape index (κ2) is 4.99. The lowest BCUT2D eigenvalue weighted by molar-refractivity contribution is -0.119. The molecule has 13 heavy (non-hydrogen) atoms. The van der Waals surface area contributed by atoms with Gasteiger partial charge in [0.05, 0.1) is 0 Å². The minimum atomic E-state index is -0.0213. The van der Waals surface area contributed by atoms with Crippen molar-refractivity contribution < 1.29 is 4.79 Å². The molecule has 1 rings (SSSR count). The Morgan fingerprint density at radius 1 is 1.62 bits per heavy atom. The van der Waals surface area contributed by atoms with Crippen LogP contribution >= 0.6 is 11.6 Å². The van der Waals surface area contributed by atoms with Gasteiger partial charge in [-0.05, 0) is 31.6 Å². The molecule has 0 heterocycles. The standard InChI is InChI=1S/C11H19ClO/c1-10-4-2-5-11(8-10,9-13)6-3-7-12/h9-10H,2-8H2,1H3. The highest BCUT2D eigenvalue weighted by molar-refractivity contribution is 6.17. The van der Waals surface area contributed by atoms with Gasteiger partial charge in [-0.15, -0.1) is 11.6 Å². The largest absolute Gasteiger partial charge is 0.303 e. The summed E-state index contributed by atoms with van der Waals surface area (Å²) in [5.74, 6) is 1.40. The second-order valence-corrected chi connectivity index (χ2v) is 4.85. The monoisotopic (exact) mass is 202 g/mol. The van der Waals surface area contributed by atoms with Crippen LogP contribution in [0.2, 0.25) is 0 Å². The number of halogens is 1. The van der Waals surface area contributed by atoms with Crippen molar-refractivity contribution >= 4 is 17.9 Å². The van der Waals surface area contributed by atoms with E-state index in [0.717, 1.165) is 25.7 Å². The molecule has 0 aliphatic heterocycles. The lowest BCUT2D eigenvalue weighted by Gasteiger charge is -2.35. The van der Waals surface area contributed by atoms with Crippen LogP contribution in [0.1, 0.15) is 45.4 Å². The van der Waals surface area contributed by atoms with Crippen molar-refractivity contribution in [2.45, 2.75) is 45.4 Å². The van der Waals surface area contributed by atoms with E-state index in [1.807, 2.05) is 0 Å². The van der Waals surface area contributed by atoms with Crippen LogP contribution in [0.15, 0.2) is 0 Å². The Balaban J connectivity index is 2.51. The molecule has 1 aliphatic carbocycles. The Labute approximate surface area is 85.8 Å². The third-order valence-electron chi connectivity index (χ3n) is 3.18. The summed E-state index contributed by atoms with van der Waals surface area (Å²) < 4.78 is 0. The van der Waals surface area contributed by atoms with E-state index in [4.69, 9.17) is 11.6 Å². The predicted molar refractivity (Wildman–Crippen MR) is 56.1 cm³/mol. The normalized spacial score (nSPS) is 34.5. The minimum Gasteiger partial charge on any atom is -0.303 e. The molecule has 0 N–H and O–H groups in total. The Morgan fingerprint density at radius 3 is 2.92 bits per heavy atom. The first-order chi connectivity index (χ1) is 6.22. The van der Waals surface area contributed by atoms with E-state index in [9.17, 15) is 4.79 Å². The van der Waals surface area contributed by atoms with E-state index in [1.54, 1.807) is 0 Å². The molecular weight excluding hydrogens is 184 g/mol. The van der Waals surface area contributed by atoms with Crippen LogP contribution in [-0.4, -0.2) is 12.2 Å². The van der Waals surface area contributed by atoms with Gasteiger partial charge < -0.3 is 4.79 Å². The molecule has 0 spiro atoms. The number of hydrogen-bond donors (Lipinski definition) is 0. The van der Waals surface area contributed by atoms with Crippen molar-refractivity contribution in [3.8, 4) is 0 Å². The van der Waals surface area contributed by atoms with Crippen LogP contribution in [-0.2, 0) is 4.79 Å². The maximum atomic E-state index is 11.1. The van der Waals surface area contributed by atoms with Crippen LogP contribution in [0.25, 0.3) is 0 Å². The predicted octanol–water partition coefficient (Wildman–Crippen LogP) is 3.40. The van der Waals surface area contributed by atoms with Crippen molar-refractivity contribution in [2.24, 2.45) is 11.3 Å². The number of carbonyl (C=O) groups is 1. The van der Waals surface area contributed by atoms with Crippen LogP contribution in [0, 0.1) is 11.3 Å². The minimum absolute atomic E-state index is 0.0213. The molecule has 1 nitrogen and oxygen atoms in total. The van der Waals surface area contributed by atoms with E-state index in [2.05, 4.69) is 6.92 Å². The van der Waals surface area contributed by atoms with E-state index in [-0.39, 0.29) is 5.41 Å². The maximum Gasteiger partial charge on any atom is 0.126 e. The molecule has 76 valence electrons. The SMILES string of the molecule is CC1CCCC(C=O)(CCCCl)C1. The fourth-order valence-corrected chi connectivity index (χ4v) is 2.65. The Bertz CT molecular complexity index is 169. The first-order valence-corrected chi connectivity index (χ1v) is 5.78. The highest BCUT2D eigenvalue weighted by atomic mass is 35.5. The van der Waals surface area contributed by atoms with Crippen LogP contribution in [0.3, 0.4) is 0 Å². The van der Waals surface area contributed by atoms with Crippen LogP contribution in [0.4, 0.5) is 0 Å². The summed E-state index contributed by atoms with van der Waals surface area (Å²) in [7, 11) is 0. The molecule has 0 bridgehead atoms. The molecule has 0 amide bonds. The van der Waals surface area contributed by atoms with Gasteiger partial charge in [0.15, 0.2) is 0 Å². The number of aldehydes is 1. The van der Waals surface area contributed by atoms with Crippen molar-refractivity contribution in [3.05, 3.63) is 0 Å². The summed E-state index contributed by atoms with van der Waals surface area (Å²) in [5.41, 5.74) is -0.0213. The molecule has 0 aromatic heterocycles. The smallest absolute Gasteiger partial charge is 0.126 e. The quantitative estimate of drug-likeness (QED) is 0.505. The summed E-state index contributed by atoms with van der Waals surface area (Å²) in [4.78, 5) is 11.1. The highest BCUT2D eigenvalue weighted by Gasteiger charge is 2.33. The molecule has 0 radical (unpaired) electrons. The second-order valence-electron chi connectivity index (χ2n) is 4.47. The lowest BCUT2D eigenvalue weighted by Crippen LogP contribution is -2.29. The molecule has 0 aromatic rings. The molecular formula is C11H19ClO. The molecule has 2 unspecified atom stereocenters. The molecule has 1 fully saturated rings. The van der Waals surface area contributed by atoms with Crippen molar-refractivity contribution in [1.29, 1.82) is 0 Å². The molecule has 1 aliphatic rings. The summed E-state index contributed by atoms with van der Waals surface area (Å²) in [6, 6.07) is 0. The van der Waals surface area contributed by atoms with Gasteiger partial charge >= 0.3 is 0 Å². The van der Waals surface area contributed by atoms with Crippen molar-refractivity contribution in [1.82, 2.24) is 0 Å². The van der Waals surface area contributed by atoms with Gasteiger partial charge in [-0.1, -0.05) is 19.8 Å². The van der Waals surface area contributed by atoms with Gasteiger partial charge in [0.2, 0.25) is 0 Å². The molecule has 0 aromatic carbocycles. The third kappa shape index (κ3) is 2.98.